The van der Waals surface area contributed by atoms with E-state index in [2.05, 4.69) is 10.6 Å². The van der Waals surface area contributed by atoms with Crippen molar-refractivity contribution in [1.29, 1.82) is 0 Å². The number of morpholine rings is 1. The third-order valence-electron chi connectivity index (χ3n) is 2.97. The van der Waals surface area contributed by atoms with Gasteiger partial charge in [0.05, 0.1) is 19.3 Å². The quantitative estimate of drug-likeness (QED) is 0.730. The third kappa shape index (κ3) is 4.61. The molecule has 1 aromatic carbocycles. The Hall–Kier alpha value is -1.79. The molecule has 1 aliphatic heterocycles. The third-order valence-corrected chi connectivity index (χ3v) is 2.97. The second-order valence-electron chi connectivity index (χ2n) is 5.98. The summed E-state index contributed by atoms with van der Waals surface area (Å²) in [5.74, 6) is 0.145. The van der Waals surface area contributed by atoms with Crippen LogP contribution in [-0.4, -0.2) is 36.6 Å². The fraction of sp³-hybridized carbons (Fsp3) is 0.533. The number of nitrogens with one attached hydrogen (secondary N) is 2. The Morgan fingerprint density at radius 2 is 2.24 bits per heavy atom. The van der Waals surface area contributed by atoms with Gasteiger partial charge in [-0.05, 0) is 44.5 Å². The number of aromatic hydroxyl groups is 1. The zero-order valence-corrected chi connectivity index (χ0v) is 12.6. The maximum Gasteiger partial charge on any atom is 0.412 e. The lowest BCUT2D eigenvalue weighted by Crippen LogP contribution is -2.35. The van der Waals surface area contributed by atoms with E-state index in [1.165, 1.54) is 6.07 Å². The van der Waals surface area contributed by atoms with E-state index in [-0.39, 0.29) is 11.8 Å². The monoisotopic (exact) mass is 294 g/mol. The summed E-state index contributed by atoms with van der Waals surface area (Å²) in [6.07, 6.45) is -0.522. The van der Waals surface area contributed by atoms with Crippen LogP contribution in [0.3, 0.4) is 0 Å². The smallest absolute Gasteiger partial charge is 0.412 e. The van der Waals surface area contributed by atoms with Crippen LogP contribution in [0.2, 0.25) is 0 Å². The fourth-order valence-corrected chi connectivity index (χ4v) is 2.13. The van der Waals surface area contributed by atoms with Crippen molar-refractivity contribution >= 4 is 11.8 Å². The summed E-state index contributed by atoms with van der Waals surface area (Å²) in [6, 6.07) is 4.74. The Balaban J connectivity index is 2.16. The molecule has 0 aliphatic carbocycles. The summed E-state index contributed by atoms with van der Waals surface area (Å²) in [5, 5.41) is 15.7. The average Bonchev–Trinajstić information content (AvgIpc) is 2.40. The number of anilines is 1. The van der Waals surface area contributed by atoms with E-state index >= 15 is 0 Å². The van der Waals surface area contributed by atoms with Crippen LogP contribution in [-0.2, 0) is 9.47 Å². The molecule has 0 bridgehead atoms. The number of amides is 1. The molecular weight excluding hydrogens is 272 g/mol. The van der Waals surface area contributed by atoms with Crippen molar-refractivity contribution in [3.63, 3.8) is 0 Å². The molecule has 1 atom stereocenters. The normalized spacial score (nSPS) is 19.1. The van der Waals surface area contributed by atoms with Gasteiger partial charge in [0, 0.05) is 12.2 Å². The Morgan fingerprint density at radius 1 is 1.48 bits per heavy atom. The van der Waals surface area contributed by atoms with Gasteiger partial charge in [-0.15, -0.1) is 0 Å². The predicted molar refractivity (Wildman–Crippen MR) is 79.5 cm³/mol. The number of carbonyl (C=O) groups is 1. The number of phenolic OH excluding ortho intramolecular Hbond substituents is 1. The largest absolute Gasteiger partial charge is 0.508 e. The summed E-state index contributed by atoms with van der Waals surface area (Å²) in [7, 11) is 0. The van der Waals surface area contributed by atoms with Gasteiger partial charge in [0.25, 0.3) is 0 Å². The highest BCUT2D eigenvalue weighted by atomic mass is 16.6. The van der Waals surface area contributed by atoms with E-state index < -0.39 is 11.7 Å². The van der Waals surface area contributed by atoms with Crippen molar-refractivity contribution < 1.29 is 19.4 Å². The fourth-order valence-electron chi connectivity index (χ4n) is 2.13. The zero-order valence-electron chi connectivity index (χ0n) is 12.6. The lowest BCUT2D eigenvalue weighted by atomic mass is 10.0. The first kappa shape index (κ1) is 15.6. The van der Waals surface area contributed by atoms with Gasteiger partial charge in [-0.2, -0.15) is 0 Å². The number of rotatable bonds is 2. The Kier molecular flexibility index (Phi) is 4.69. The number of benzene rings is 1. The molecule has 3 N–H and O–H groups in total. The van der Waals surface area contributed by atoms with Gasteiger partial charge in [-0.1, -0.05) is 0 Å². The van der Waals surface area contributed by atoms with Gasteiger partial charge in [0.2, 0.25) is 0 Å². The van der Waals surface area contributed by atoms with Gasteiger partial charge in [-0.3, -0.25) is 5.32 Å². The van der Waals surface area contributed by atoms with Crippen LogP contribution < -0.4 is 10.6 Å². The van der Waals surface area contributed by atoms with Crippen molar-refractivity contribution in [2.75, 3.05) is 25.1 Å². The Labute approximate surface area is 124 Å². The van der Waals surface area contributed by atoms with Crippen LogP contribution in [0.25, 0.3) is 0 Å². The number of hydrogen-bond donors (Lipinski definition) is 3. The summed E-state index contributed by atoms with van der Waals surface area (Å²) in [4.78, 5) is 11.9. The van der Waals surface area contributed by atoms with E-state index in [9.17, 15) is 9.90 Å². The molecule has 0 saturated carbocycles. The molecule has 2 rings (SSSR count). The van der Waals surface area contributed by atoms with E-state index in [0.717, 1.165) is 12.1 Å². The first-order chi connectivity index (χ1) is 9.85. The lowest BCUT2D eigenvalue weighted by molar-refractivity contribution is 0.0633. The highest BCUT2D eigenvalue weighted by molar-refractivity contribution is 5.86. The van der Waals surface area contributed by atoms with Crippen LogP contribution in [0, 0.1) is 0 Å². The second kappa shape index (κ2) is 6.32. The zero-order chi connectivity index (χ0) is 15.5. The Bertz CT molecular complexity index is 505. The molecule has 0 radical (unpaired) electrons. The standard InChI is InChI=1S/C15H22N2O4/c1-15(2,3)21-14(19)17-12-5-4-10(18)8-11(12)13-9-20-7-6-16-13/h4-5,8,13,16,18H,6-7,9H2,1-3H3,(H,17,19). The summed E-state index contributed by atoms with van der Waals surface area (Å²) in [6.45, 7) is 7.30. The number of hydrogen-bond acceptors (Lipinski definition) is 5. The first-order valence-corrected chi connectivity index (χ1v) is 6.99. The minimum atomic E-state index is -0.562. The van der Waals surface area contributed by atoms with Crippen LogP contribution in [0.4, 0.5) is 10.5 Å². The minimum Gasteiger partial charge on any atom is -0.508 e. The van der Waals surface area contributed by atoms with Crippen LogP contribution >= 0.6 is 0 Å². The maximum absolute atomic E-state index is 11.9. The van der Waals surface area contributed by atoms with E-state index in [1.54, 1.807) is 32.9 Å². The lowest BCUT2D eigenvalue weighted by Gasteiger charge is -2.27. The molecule has 1 unspecified atom stereocenters. The molecule has 1 saturated heterocycles. The summed E-state index contributed by atoms with van der Waals surface area (Å²) in [5.41, 5.74) is 0.818. The SMILES string of the molecule is CC(C)(C)OC(=O)Nc1ccc(O)cc1C1COCCN1. The summed E-state index contributed by atoms with van der Waals surface area (Å²) >= 11 is 0. The maximum atomic E-state index is 11.9. The molecule has 0 spiro atoms. The van der Waals surface area contributed by atoms with Gasteiger partial charge >= 0.3 is 6.09 Å². The highest BCUT2D eigenvalue weighted by Gasteiger charge is 2.22. The van der Waals surface area contributed by atoms with Gasteiger partial charge in [0.1, 0.15) is 11.4 Å². The topological polar surface area (TPSA) is 79.8 Å². The number of carbonyl (C=O) groups excluding carboxylic acids is 1. The number of ether oxygens (including phenoxy) is 2. The molecule has 0 aromatic heterocycles. The Morgan fingerprint density at radius 3 is 2.86 bits per heavy atom. The first-order valence-electron chi connectivity index (χ1n) is 6.99. The average molecular weight is 294 g/mol. The van der Waals surface area contributed by atoms with Crippen molar-refractivity contribution in [2.45, 2.75) is 32.4 Å². The van der Waals surface area contributed by atoms with E-state index in [4.69, 9.17) is 9.47 Å². The van der Waals surface area contributed by atoms with Gasteiger partial charge in [0.15, 0.2) is 0 Å². The number of phenols is 1. The molecular formula is C15H22N2O4. The molecule has 116 valence electrons. The van der Waals surface area contributed by atoms with Crippen molar-refractivity contribution in [1.82, 2.24) is 5.32 Å². The van der Waals surface area contributed by atoms with Gasteiger partial charge in [-0.25, -0.2) is 4.79 Å². The second-order valence-corrected chi connectivity index (χ2v) is 5.98. The van der Waals surface area contributed by atoms with Crippen LogP contribution in [0.5, 0.6) is 5.75 Å². The van der Waals surface area contributed by atoms with E-state index in [1.807, 2.05) is 0 Å². The van der Waals surface area contributed by atoms with Crippen LogP contribution in [0.1, 0.15) is 32.4 Å². The van der Waals surface area contributed by atoms with Crippen molar-refractivity contribution in [2.24, 2.45) is 0 Å². The molecule has 21 heavy (non-hydrogen) atoms. The van der Waals surface area contributed by atoms with Crippen LogP contribution in [0.15, 0.2) is 18.2 Å². The molecule has 1 heterocycles. The van der Waals surface area contributed by atoms with Crippen molar-refractivity contribution in [3.05, 3.63) is 23.8 Å². The molecule has 1 aromatic rings. The molecule has 1 aliphatic rings. The summed E-state index contributed by atoms with van der Waals surface area (Å²) < 4.78 is 10.7. The van der Waals surface area contributed by atoms with Gasteiger partial charge < -0.3 is 19.9 Å². The van der Waals surface area contributed by atoms with Crippen molar-refractivity contribution in [3.8, 4) is 5.75 Å². The minimum absolute atomic E-state index is 0.0733. The highest BCUT2D eigenvalue weighted by Crippen LogP contribution is 2.28. The molecule has 1 fully saturated rings. The molecule has 1 amide bonds. The predicted octanol–water partition coefficient (Wildman–Crippen LogP) is 2.40. The van der Waals surface area contributed by atoms with E-state index in [0.29, 0.717) is 18.9 Å². The molecule has 6 nitrogen and oxygen atoms in total. The molecule has 6 heteroatoms.